The van der Waals surface area contributed by atoms with Crippen molar-refractivity contribution in [3.63, 3.8) is 0 Å². The maximum atomic E-state index is 11.7. The van der Waals surface area contributed by atoms with Crippen LogP contribution in [0.2, 0.25) is 5.15 Å². The van der Waals surface area contributed by atoms with Gasteiger partial charge in [0.15, 0.2) is 5.96 Å². The Morgan fingerprint density at radius 1 is 1.55 bits per heavy atom. The van der Waals surface area contributed by atoms with E-state index in [0.717, 1.165) is 5.82 Å². The molecule has 0 unspecified atom stereocenters. The first-order valence-corrected chi connectivity index (χ1v) is 7.21. The maximum absolute atomic E-state index is 11.7. The molecular weight excluding hydrogens is 304 g/mol. The second kappa shape index (κ2) is 8.43. The van der Waals surface area contributed by atoms with Crippen molar-refractivity contribution in [3.05, 3.63) is 29.8 Å². The quantitative estimate of drug-likeness (QED) is 0.475. The minimum atomic E-state index is -0.0636. The Kier molecular flexibility index (Phi) is 6.91. The van der Waals surface area contributed by atoms with Crippen LogP contribution in [0, 0.1) is 0 Å². The average Bonchev–Trinajstić information content (AvgIpc) is 2.78. The van der Waals surface area contributed by atoms with Crippen LogP contribution in [-0.2, 0) is 18.4 Å². The lowest BCUT2D eigenvalue weighted by atomic mass is 10.5. The molecule has 0 spiro atoms. The molecule has 0 saturated heterocycles. The number of rotatable bonds is 6. The van der Waals surface area contributed by atoms with Crippen LogP contribution in [0.5, 0.6) is 0 Å². The predicted molar refractivity (Wildman–Crippen MR) is 88.9 cm³/mol. The van der Waals surface area contributed by atoms with Crippen molar-refractivity contribution in [2.75, 3.05) is 34.2 Å². The number of amides is 1. The van der Waals surface area contributed by atoms with E-state index in [0.29, 0.717) is 24.2 Å². The fourth-order valence-corrected chi connectivity index (χ4v) is 1.76. The molecule has 0 radical (unpaired) electrons. The van der Waals surface area contributed by atoms with Gasteiger partial charge in [-0.1, -0.05) is 17.7 Å². The van der Waals surface area contributed by atoms with Gasteiger partial charge < -0.3 is 19.7 Å². The lowest BCUT2D eigenvalue weighted by Crippen LogP contribution is -2.40. The number of aliphatic imine (C=N–C) groups is 1. The number of halogens is 1. The van der Waals surface area contributed by atoms with Gasteiger partial charge >= 0.3 is 0 Å². The summed E-state index contributed by atoms with van der Waals surface area (Å²) in [6.07, 6.45) is 3.34. The summed E-state index contributed by atoms with van der Waals surface area (Å²) in [5.41, 5.74) is 0. The van der Waals surface area contributed by atoms with Gasteiger partial charge in [-0.2, -0.15) is 0 Å². The van der Waals surface area contributed by atoms with Gasteiger partial charge in [-0.15, -0.1) is 6.58 Å². The molecular formula is C14H23ClN6O. The van der Waals surface area contributed by atoms with E-state index in [1.54, 1.807) is 30.9 Å². The molecule has 0 bridgehead atoms. The van der Waals surface area contributed by atoms with E-state index in [1.165, 1.54) is 4.90 Å². The van der Waals surface area contributed by atoms with Gasteiger partial charge in [0.1, 0.15) is 17.5 Å². The lowest BCUT2D eigenvalue weighted by Gasteiger charge is -2.22. The number of hydrogen-bond donors (Lipinski definition) is 1. The highest BCUT2D eigenvalue weighted by atomic mass is 35.5. The van der Waals surface area contributed by atoms with E-state index >= 15 is 0 Å². The Morgan fingerprint density at radius 2 is 2.23 bits per heavy atom. The summed E-state index contributed by atoms with van der Waals surface area (Å²) < 4.78 is 1.80. The molecule has 1 amide bonds. The van der Waals surface area contributed by atoms with E-state index in [4.69, 9.17) is 11.6 Å². The lowest BCUT2D eigenvalue weighted by molar-refractivity contribution is -0.127. The van der Waals surface area contributed by atoms with E-state index < -0.39 is 0 Å². The number of likely N-dealkylation sites (N-methyl/N-ethyl adjacent to an activating group) is 1. The average molecular weight is 327 g/mol. The summed E-state index contributed by atoms with van der Waals surface area (Å²) in [6.45, 7) is 4.83. The monoisotopic (exact) mass is 326 g/mol. The fourth-order valence-electron chi connectivity index (χ4n) is 1.62. The summed E-state index contributed by atoms with van der Waals surface area (Å²) in [5.74, 6) is 1.35. The van der Waals surface area contributed by atoms with E-state index in [9.17, 15) is 4.79 Å². The molecule has 0 aliphatic rings. The van der Waals surface area contributed by atoms with Gasteiger partial charge in [0, 0.05) is 34.7 Å². The Hall–Kier alpha value is -2.02. The fraction of sp³-hybridized carbons (Fsp3) is 0.500. The molecule has 22 heavy (non-hydrogen) atoms. The minimum Gasteiger partial charge on any atom is -0.353 e. The van der Waals surface area contributed by atoms with Crippen molar-refractivity contribution < 1.29 is 4.79 Å². The zero-order chi connectivity index (χ0) is 16.7. The van der Waals surface area contributed by atoms with Gasteiger partial charge in [-0.25, -0.2) is 9.98 Å². The molecule has 1 heterocycles. The van der Waals surface area contributed by atoms with Gasteiger partial charge in [0.25, 0.3) is 0 Å². The molecule has 0 aromatic carbocycles. The van der Waals surface area contributed by atoms with E-state index in [-0.39, 0.29) is 12.5 Å². The Labute approximate surface area is 136 Å². The van der Waals surface area contributed by atoms with Gasteiger partial charge in [0.05, 0.1) is 12.7 Å². The Balaban J connectivity index is 2.81. The van der Waals surface area contributed by atoms with Crippen LogP contribution in [0.4, 0.5) is 0 Å². The van der Waals surface area contributed by atoms with Gasteiger partial charge in [-0.05, 0) is 0 Å². The third-order valence-corrected chi connectivity index (χ3v) is 3.39. The summed E-state index contributed by atoms with van der Waals surface area (Å²) in [7, 11) is 7.13. The zero-order valence-electron chi connectivity index (χ0n) is 13.5. The van der Waals surface area contributed by atoms with Crippen LogP contribution in [0.15, 0.2) is 23.8 Å². The summed E-state index contributed by atoms with van der Waals surface area (Å²) in [4.78, 5) is 23.7. The van der Waals surface area contributed by atoms with Gasteiger partial charge in [-0.3, -0.25) is 4.79 Å². The largest absolute Gasteiger partial charge is 0.353 e. The molecule has 0 atom stereocenters. The summed E-state index contributed by atoms with van der Waals surface area (Å²) in [5, 5.41) is 3.70. The molecule has 1 aromatic rings. The van der Waals surface area contributed by atoms with Crippen molar-refractivity contribution in [1.29, 1.82) is 0 Å². The second-order valence-electron chi connectivity index (χ2n) is 5.01. The van der Waals surface area contributed by atoms with Gasteiger partial charge in [0.2, 0.25) is 5.91 Å². The standard InChI is InChI=1S/C14H23ClN6O/c1-6-7-16-14(18-9-13(22)19(2)3)20(4)10-12-17-8-11(15)21(12)5/h6,8H,1,7,9-10H2,2-5H3,(H,16,18). The molecule has 0 aliphatic heterocycles. The first kappa shape index (κ1) is 18.0. The van der Waals surface area contributed by atoms with Crippen molar-refractivity contribution >= 4 is 23.5 Å². The first-order valence-electron chi connectivity index (χ1n) is 6.83. The van der Waals surface area contributed by atoms with E-state index in [1.807, 2.05) is 19.0 Å². The third kappa shape index (κ3) is 5.07. The smallest absolute Gasteiger partial charge is 0.243 e. The van der Waals surface area contributed by atoms with Crippen molar-refractivity contribution in [2.45, 2.75) is 6.54 Å². The number of hydrogen-bond acceptors (Lipinski definition) is 3. The Morgan fingerprint density at radius 3 is 2.73 bits per heavy atom. The normalized spacial score (nSPS) is 11.2. The van der Waals surface area contributed by atoms with Crippen LogP contribution in [0.1, 0.15) is 5.82 Å². The topological polar surface area (TPSA) is 65.8 Å². The number of guanidine groups is 1. The molecule has 0 aliphatic carbocycles. The molecule has 1 N–H and O–H groups in total. The Bertz CT molecular complexity index is 552. The number of imidazole rings is 1. The molecule has 7 nitrogen and oxygen atoms in total. The highest BCUT2D eigenvalue weighted by molar-refractivity contribution is 6.29. The number of carbonyl (C=O) groups excluding carboxylic acids is 1. The molecule has 0 saturated carbocycles. The third-order valence-electron chi connectivity index (χ3n) is 3.04. The molecule has 8 heteroatoms. The molecule has 122 valence electrons. The minimum absolute atomic E-state index is 0.0636. The number of nitrogens with zero attached hydrogens (tertiary/aromatic N) is 5. The number of carbonyl (C=O) groups is 1. The van der Waals surface area contributed by atoms with Crippen LogP contribution in [0.3, 0.4) is 0 Å². The van der Waals surface area contributed by atoms with Crippen LogP contribution in [-0.4, -0.2) is 65.5 Å². The second-order valence-corrected chi connectivity index (χ2v) is 5.40. The van der Waals surface area contributed by atoms with Crippen LogP contribution in [0.25, 0.3) is 0 Å². The predicted octanol–water partition coefficient (Wildman–Crippen LogP) is 0.725. The van der Waals surface area contributed by atoms with E-state index in [2.05, 4.69) is 21.9 Å². The summed E-state index contributed by atoms with van der Waals surface area (Å²) in [6, 6.07) is 0. The van der Waals surface area contributed by atoms with Crippen molar-refractivity contribution in [3.8, 4) is 0 Å². The van der Waals surface area contributed by atoms with Crippen LogP contribution >= 0.6 is 11.6 Å². The van der Waals surface area contributed by atoms with Crippen molar-refractivity contribution in [1.82, 2.24) is 24.7 Å². The number of aromatic nitrogens is 2. The molecule has 1 rings (SSSR count). The first-order chi connectivity index (χ1) is 10.4. The highest BCUT2D eigenvalue weighted by Crippen LogP contribution is 2.10. The number of nitrogens with one attached hydrogen (secondary N) is 1. The maximum Gasteiger partial charge on any atom is 0.243 e. The van der Waals surface area contributed by atoms with Crippen LogP contribution < -0.4 is 5.32 Å². The zero-order valence-corrected chi connectivity index (χ0v) is 14.3. The molecule has 1 aromatic heterocycles. The summed E-state index contributed by atoms with van der Waals surface area (Å²) >= 11 is 5.99. The molecule has 0 fully saturated rings. The SMILES string of the molecule is C=CCNC(=NCC(=O)N(C)C)N(C)Cc1ncc(Cl)n1C. The van der Waals surface area contributed by atoms with Crippen molar-refractivity contribution in [2.24, 2.45) is 12.0 Å². The highest BCUT2D eigenvalue weighted by Gasteiger charge is 2.12.